The molecule has 9 nitrogen and oxygen atoms in total. The Labute approximate surface area is 497 Å². The molecule has 0 radical (unpaired) electrons. The molecule has 1 saturated carbocycles. The van der Waals surface area contributed by atoms with Gasteiger partial charge < -0.3 is 16.0 Å². The Hall–Kier alpha value is -6.06. The van der Waals surface area contributed by atoms with Crippen LogP contribution in [0.5, 0.6) is 0 Å². The van der Waals surface area contributed by atoms with Gasteiger partial charge in [0, 0.05) is 120 Å². The molecule has 3 aliphatic heterocycles. The Morgan fingerprint density at radius 2 is 1.00 bits per heavy atom. The van der Waals surface area contributed by atoms with Crippen molar-refractivity contribution in [2.24, 2.45) is 11.8 Å². The normalized spacial score (nSPS) is 15.3. The number of carbonyl (C=O) groups excluding carboxylic acids is 5. The van der Waals surface area contributed by atoms with E-state index in [0.717, 1.165) is 103 Å². The Morgan fingerprint density at radius 1 is 0.577 bits per heavy atom. The summed E-state index contributed by atoms with van der Waals surface area (Å²) in [6.07, 6.45) is 11.5. The molecule has 78 heavy (non-hydrogen) atoms. The lowest BCUT2D eigenvalue weighted by atomic mass is 9.96. The third-order valence-corrected chi connectivity index (χ3v) is 17.5. The molecule has 0 unspecified atom stereocenters. The van der Waals surface area contributed by atoms with Crippen LogP contribution in [0.25, 0.3) is 46.1 Å². The molecule has 1 aliphatic carbocycles. The maximum atomic E-state index is 12.5. The van der Waals surface area contributed by atoms with Crippen molar-refractivity contribution >= 4 is 168 Å². The molecule has 3 N–H and O–H groups in total. The molecule has 7 aromatic rings. The molecule has 1 fully saturated rings. The van der Waals surface area contributed by atoms with Crippen LogP contribution in [0.3, 0.4) is 0 Å². The van der Waals surface area contributed by atoms with E-state index in [1.165, 1.54) is 0 Å². The summed E-state index contributed by atoms with van der Waals surface area (Å²) in [6, 6.07) is 32.2. The van der Waals surface area contributed by atoms with Crippen LogP contribution in [0.1, 0.15) is 111 Å². The summed E-state index contributed by atoms with van der Waals surface area (Å²) in [5.41, 5.74) is 15.5. The fraction of sp³-hybridized carbons (Fsp3) is 0.175. The predicted molar refractivity (Wildman–Crippen MR) is 334 cm³/mol. The van der Waals surface area contributed by atoms with Crippen LogP contribution in [-0.2, 0) is 14.4 Å². The van der Waals surface area contributed by atoms with Crippen molar-refractivity contribution in [1.82, 2.24) is 4.98 Å². The fourth-order valence-electron chi connectivity index (χ4n) is 8.85. The molecule has 3 amide bonds. The quantitative estimate of drug-likeness (QED) is 0.0973. The molecule has 6 aromatic carbocycles. The van der Waals surface area contributed by atoms with Gasteiger partial charge >= 0.3 is 0 Å². The molecular weight excluding hydrogens is 1280 g/mol. The lowest BCUT2D eigenvalue weighted by Gasteiger charge is -2.07. The minimum atomic E-state index is -0.207. The number of nitrogens with zero attached hydrogens (tertiary/aromatic N) is 1. The summed E-state index contributed by atoms with van der Waals surface area (Å²) in [4.78, 5) is 66.2. The number of ketones is 2. The summed E-state index contributed by atoms with van der Waals surface area (Å²) in [7, 11) is 0. The fourth-order valence-corrected chi connectivity index (χ4v) is 11.8. The molecule has 0 bridgehead atoms. The van der Waals surface area contributed by atoms with E-state index in [0.29, 0.717) is 50.0 Å². The predicted octanol–water partition coefficient (Wildman–Crippen LogP) is 18.3. The highest BCUT2D eigenvalue weighted by molar-refractivity contribution is 9.11. The third-order valence-electron chi connectivity index (χ3n) is 13.4. The van der Waals surface area contributed by atoms with Gasteiger partial charge in [-0.05, 0) is 188 Å². The van der Waals surface area contributed by atoms with E-state index in [2.05, 4.69) is 84.7 Å². The van der Waals surface area contributed by atoms with Gasteiger partial charge in [-0.25, -0.2) is 0 Å². The standard InChI is InChI=1S/C21H14Br2N2O.C21H19Cl2NO2.C20H15Br2NO2.CH4/c1-12-18(22)8-13(9-19(12)23)7-17-16-10-14(15-3-2-6-24-11-15)4-5-20(16)25-21(17)26;1-11(2)6-20(25)14-4-5-19-15(10-14)16(21(26)24-19)7-13-8-17(22)12(3)18(23)9-13;1-10-16(21)7-11(8-17(10)22)6-15-14-9-13(19(24)12-2-3-12)4-5-18(14)23-20(15)25;/h2-11H,1H3,(H,25,26);4-5,7-11H,6H2,1-3H3,(H,24,26);4-9,12H,2-3H2,1H3,(H,23,25);1H4. The number of fused-ring (bicyclic) bond motifs is 3. The van der Waals surface area contributed by atoms with Gasteiger partial charge in [-0.1, -0.05) is 120 Å². The number of pyridine rings is 1. The Kier molecular flexibility index (Phi) is 18.3. The molecule has 0 saturated heterocycles. The van der Waals surface area contributed by atoms with E-state index in [1.54, 1.807) is 42.6 Å². The number of aromatic nitrogens is 1. The van der Waals surface area contributed by atoms with Crippen LogP contribution in [0, 0.1) is 32.6 Å². The number of Topliss-reactive ketones (excluding diaryl/α,β-unsaturated/α-hetero) is 2. The second-order valence-corrected chi connectivity index (χ2v) is 23.8. The van der Waals surface area contributed by atoms with Crippen LogP contribution >= 0.6 is 86.9 Å². The van der Waals surface area contributed by atoms with E-state index in [-0.39, 0.29) is 48.6 Å². The van der Waals surface area contributed by atoms with Crippen LogP contribution in [0.2, 0.25) is 10.0 Å². The first-order valence-corrected chi connectivity index (χ1v) is 28.5. The van der Waals surface area contributed by atoms with Crippen LogP contribution in [0.15, 0.2) is 133 Å². The zero-order valence-electron chi connectivity index (χ0n) is 42.2. The summed E-state index contributed by atoms with van der Waals surface area (Å²) in [5, 5.41) is 9.74. The van der Waals surface area contributed by atoms with E-state index in [4.69, 9.17) is 23.2 Å². The third kappa shape index (κ3) is 13.0. The zero-order valence-corrected chi connectivity index (χ0v) is 50.1. The highest BCUT2D eigenvalue weighted by Crippen LogP contribution is 2.41. The van der Waals surface area contributed by atoms with E-state index in [1.807, 2.05) is 126 Å². The number of hydrogen-bond acceptors (Lipinski definition) is 6. The van der Waals surface area contributed by atoms with Gasteiger partial charge in [0.15, 0.2) is 11.6 Å². The first kappa shape index (κ1) is 58.1. The number of amides is 3. The number of nitrogens with one attached hydrogen (secondary N) is 3. The van der Waals surface area contributed by atoms with Gasteiger partial charge in [0.2, 0.25) is 0 Å². The van der Waals surface area contributed by atoms with E-state index >= 15 is 0 Å². The van der Waals surface area contributed by atoms with Crippen molar-refractivity contribution in [1.29, 1.82) is 0 Å². The first-order chi connectivity index (χ1) is 36.7. The summed E-state index contributed by atoms with van der Waals surface area (Å²) < 4.78 is 3.96. The SMILES string of the molecule is C.Cc1c(Br)cc(C=C2C(=O)Nc3ccc(-c4cccnc4)cc32)cc1Br.Cc1c(Br)cc(C=C2C(=O)Nc3ccc(C(=O)C4CC4)cc32)cc1Br.Cc1c(Cl)cc(C=C2C(=O)Nc3ccc(C(=O)CC(C)C)cc32)cc1Cl. The van der Waals surface area contributed by atoms with Gasteiger partial charge in [-0.3, -0.25) is 29.0 Å². The second kappa shape index (κ2) is 24.5. The van der Waals surface area contributed by atoms with Crippen molar-refractivity contribution in [2.75, 3.05) is 16.0 Å². The van der Waals surface area contributed by atoms with E-state index in [9.17, 15) is 24.0 Å². The maximum absolute atomic E-state index is 12.5. The van der Waals surface area contributed by atoms with Crippen molar-refractivity contribution in [3.63, 3.8) is 0 Å². The minimum absolute atomic E-state index is 0. The highest BCUT2D eigenvalue weighted by atomic mass is 79.9. The average molecular weight is 1340 g/mol. The molecular formula is C63H52Br4Cl2N4O5. The highest BCUT2D eigenvalue weighted by Gasteiger charge is 2.33. The van der Waals surface area contributed by atoms with Crippen LogP contribution in [0.4, 0.5) is 17.1 Å². The van der Waals surface area contributed by atoms with Gasteiger partial charge in [0.1, 0.15) is 0 Å². The number of benzene rings is 6. The number of rotatable bonds is 9. The molecule has 4 heterocycles. The number of halogens is 6. The molecule has 15 heteroatoms. The monoisotopic (exact) mass is 1330 g/mol. The largest absolute Gasteiger partial charge is 0.321 e. The van der Waals surface area contributed by atoms with Crippen molar-refractivity contribution in [2.45, 2.75) is 61.3 Å². The number of anilines is 3. The lowest BCUT2D eigenvalue weighted by Crippen LogP contribution is -2.03. The Balaban J connectivity index is 0.000000153. The van der Waals surface area contributed by atoms with Gasteiger partial charge in [-0.15, -0.1) is 0 Å². The molecule has 396 valence electrons. The van der Waals surface area contributed by atoms with Crippen molar-refractivity contribution in [3.05, 3.63) is 205 Å². The zero-order chi connectivity index (χ0) is 55.0. The topological polar surface area (TPSA) is 134 Å². The lowest BCUT2D eigenvalue weighted by molar-refractivity contribution is -0.111. The van der Waals surface area contributed by atoms with Gasteiger partial charge in [0.05, 0.1) is 0 Å². The van der Waals surface area contributed by atoms with Crippen LogP contribution < -0.4 is 16.0 Å². The van der Waals surface area contributed by atoms with Gasteiger partial charge in [0.25, 0.3) is 17.7 Å². The minimum Gasteiger partial charge on any atom is -0.321 e. The van der Waals surface area contributed by atoms with Gasteiger partial charge in [-0.2, -0.15) is 0 Å². The molecule has 0 spiro atoms. The maximum Gasteiger partial charge on any atom is 0.256 e. The Morgan fingerprint density at radius 3 is 1.44 bits per heavy atom. The second-order valence-electron chi connectivity index (χ2n) is 19.5. The summed E-state index contributed by atoms with van der Waals surface area (Å²) >= 11 is 26.6. The van der Waals surface area contributed by atoms with Crippen molar-refractivity contribution in [3.8, 4) is 11.1 Å². The van der Waals surface area contributed by atoms with E-state index < -0.39 is 0 Å². The summed E-state index contributed by atoms with van der Waals surface area (Å²) in [5.74, 6) is 0.267. The molecule has 0 atom stereocenters. The van der Waals surface area contributed by atoms with Crippen molar-refractivity contribution < 1.29 is 24.0 Å². The number of carbonyl (C=O) groups is 5. The summed E-state index contributed by atoms with van der Waals surface area (Å²) in [6.45, 7) is 9.90. The number of hydrogen-bond donors (Lipinski definition) is 3. The molecule has 1 aromatic heterocycles. The Bertz CT molecular complexity index is 3670. The first-order valence-electron chi connectivity index (χ1n) is 24.6. The molecule has 11 rings (SSSR count). The van der Waals surface area contributed by atoms with Crippen LogP contribution in [-0.4, -0.2) is 34.3 Å². The smallest absolute Gasteiger partial charge is 0.256 e. The molecule has 4 aliphatic rings. The average Bonchev–Trinajstić information content (AvgIpc) is 4.13.